The molecule has 32 heavy (non-hydrogen) atoms. The Balaban J connectivity index is 1.77. The second-order valence-corrected chi connectivity index (χ2v) is 8.38. The van der Waals surface area contributed by atoms with Crippen LogP contribution in [0.1, 0.15) is 68.8 Å². The normalized spacial score (nSPS) is 12.9. The molecule has 0 saturated carbocycles. The first-order valence-corrected chi connectivity index (χ1v) is 10.7. The van der Waals surface area contributed by atoms with Gasteiger partial charge in [0.1, 0.15) is 12.3 Å². The highest BCUT2D eigenvalue weighted by atomic mass is 19.4. The number of aromatic nitrogens is 5. The van der Waals surface area contributed by atoms with Crippen molar-refractivity contribution in [3.8, 4) is 11.7 Å². The van der Waals surface area contributed by atoms with Crippen LogP contribution in [0.3, 0.4) is 0 Å². The van der Waals surface area contributed by atoms with E-state index in [9.17, 15) is 13.2 Å². The zero-order chi connectivity index (χ0) is 23.3. The van der Waals surface area contributed by atoms with Gasteiger partial charge in [-0.25, -0.2) is 14.6 Å². The lowest BCUT2D eigenvalue weighted by atomic mass is 9.95. The molecule has 2 aromatic heterocycles. The summed E-state index contributed by atoms with van der Waals surface area (Å²) in [6.07, 6.45) is 3.03. The van der Waals surface area contributed by atoms with Gasteiger partial charge >= 0.3 is 12.2 Å². The Labute approximate surface area is 185 Å². The van der Waals surface area contributed by atoms with E-state index in [2.05, 4.69) is 27.2 Å². The quantitative estimate of drug-likeness (QED) is 0.417. The fourth-order valence-electron chi connectivity index (χ4n) is 3.41. The van der Waals surface area contributed by atoms with Gasteiger partial charge in [0.15, 0.2) is 0 Å². The lowest BCUT2D eigenvalue weighted by molar-refractivity contribution is -0.137. The maximum Gasteiger partial charge on any atom is 0.416 e. The fraction of sp³-hybridized carbons (Fsp3) is 0.478. The lowest BCUT2D eigenvalue weighted by Gasteiger charge is -2.15. The van der Waals surface area contributed by atoms with Gasteiger partial charge in [0, 0.05) is 12.4 Å². The van der Waals surface area contributed by atoms with Crippen LogP contribution in [-0.2, 0) is 19.2 Å². The van der Waals surface area contributed by atoms with Gasteiger partial charge in [-0.3, -0.25) is 0 Å². The van der Waals surface area contributed by atoms with E-state index in [0.29, 0.717) is 29.3 Å². The van der Waals surface area contributed by atoms with Gasteiger partial charge in [-0.1, -0.05) is 45.7 Å². The zero-order valence-corrected chi connectivity index (χ0v) is 18.7. The summed E-state index contributed by atoms with van der Waals surface area (Å²) in [5, 5.41) is 8.01. The molecule has 1 atom stereocenters. The molecule has 0 aliphatic carbocycles. The van der Waals surface area contributed by atoms with Crippen LogP contribution < -0.4 is 4.74 Å². The Hall–Kier alpha value is -2.97. The summed E-state index contributed by atoms with van der Waals surface area (Å²) < 4.78 is 47.3. The van der Waals surface area contributed by atoms with Crippen molar-refractivity contribution in [3.05, 3.63) is 59.2 Å². The minimum absolute atomic E-state index is 0.0559. The van der Waals surface area contributed by atoms with Crippen molar-refractivity contribution in [2.45, 2.75) is 65.7 Å². The second kappa shape index (κ2) is 10.1. The van der Waals surface area contributed by atoms with E-state index in [1.54, 1.807) is 24.7 Å². The summed E-state index contributed by atoms with van der Waals surface area (Å²) >= 11 is 0. The standard InChI is InChI=1S/C23H28F3N5O/c1-5-6-16(4)7-17-8-19(23(24,25)26)10-21(9-17)31-13-20(29-30-31)14-32-22-27-11-18(12-28-22)15(2)3/h8-13,15-16H,5-7,14H2,1-4H3/t16-/m0/s1. The van der Waals surface area contributed by atoms with Crippen LogP contribution in [0.5, 0.6) is 6.01 Å². The third-order valence-corrected chi connectivity index (χ3v) is 5.14. The van der Waals surface area contributed by atoms with Crippen molar-refractivity contribution >= 4 is 0 Å². The molecule has 0 aliphatic heterocycles. The smallest absolute Gasteiger partial charge is 0.416 e. The highest BCUT2D eigenvalue weighted by Gasteiger charge is 2.31. The Kier molecular flexibility index (Phi) is 7.48. The molecule has 0 bridgehead atoms. The summed E-state index contributed by atoms with van der Waals surface area (Å²) in [4.78, 5) is 8.32. The Morgan fingerprint density at radius 1 is 1.06 bits per heavy atom. The fourth-order valence-corrected chi connectivity index (χ4v) is 3.41. The van der Waals surface area contributed by atoms with Gasteiger partial charge in [-0.2, -0.15) is 13.2 Å². The van der Waals surface area contributed by atoms with E-state index >= 15 is 0 Å². The van der Waals surface area contributed by atoms with Crippen molar-refractivity contribution in [1.29, 1.82) is 0 Å². The Morgan fingerprint density at radius 2 is 1.78 bits per heavy atom. The predicted octanol–water partition coefficient (Wildman–Crippen LogP) is 5.76. The molecule has 1 aromatic carbocycles. The van der Waals surface area contributed by atoms with Gasteiger partial charge in [-0.05, 0) is 47.6 Å². The Morgan fingerprint density at radius 3 is 2.41 bits per heavy atom. The van der Waals surface area contributed by atoms with Crippen molar-refractivity contribution in [2.75, 3.05) is 0 Å². The maximum atomic E-state index is 13.5. The molecular weight excluding hydrogens is 419 g/mol. The second-order valence-electron chi connectivity index (χ2n) is 8.38. The molecular formula is C23H28F3N5O. The largest absolute Gasteiger partial charge is 0.457 e. The topological polar surface area (TPSA) is 65.7 Å². The van der Waals surface area contributed by atoms with Gasteiger partial charge in [-0.15, -0.1) is 5.10 Å². The molecule has 0 radical (unpaired) electrons. The van der Waals surface area contributed by atoms with E-state index in [4.69, 9.17) is 4.74 Å². The zero-order valence-electron chi connectivity index (χ0n) is 18.7. The molecule has 0 spiro atoms. The summed E-state index contributed by atoms with van der Waals surface area (Å²) in [6.45, 7) is 8.25. The van der Waals surface area contributed by atoms with Gasteiger partial charge < -0.3 is 4.74 Å². The average Bonchev–Trinajstić information content (AvgIpc) is 3.21. The monoisotopic (exact) mass is 447 g/mol. The summed E-state index contributed by atoms with van der Waals surface area (Å²) in [6, 6.07) is 4.24. The van der Waals surface area contributed by atoms with E-state index in [1.165, 1.54) is 10.7 Å². The van der Waals surface area contributed by atoms with Gasteiger partial charge in [0.05, 0.1) is 17.4 Å². The van der Waals surface area contributed by atoms with Crippen LogP contribution in [-0.4, -0.2) is 25.0 Å². The van der Waals surface area contributed by atoms with Crippen molar-refractivity contribution in [3.63, 3.8) is 0 Å². The summed E-state index contributed by atoms with van der Waals surface area (Å²) in [5.74, 6) is 0.601. The molecule has 3 rings (SSSR count). The highest BCUT2D eigenvalue weighted by molar-refractivity contribution is 5.41. The number of hydrogen-bond acceptors (Lipinski definition) is 5. The average molecular weight is 448 g/mol. The van der Waals surface area contributed by atoms with Gasteiger partial charge in [0.2, 0.25) is 0 Å². The van der Waals surface area contributed by atoms with Crippen LogP contribution in [0.4, 0.5) is 13.2 Å². The van der Waals surface area contributed by atoms with Crippen LogP contribution >= 0.6 is 0 Å². The van der Waals surface area contributed by atoms with Crippen molar-refractivity contribution in [2.24, 2.45) is 5.92 Å². The molecule has 3 aromatic rings. The maximum absolute atomic E-state index is 13.5. The SMILES string of the molecule is CCC[C@H](C)Cc1cc(-n2cc(COc3ncc(C(C)C)cn3)nn2)cc(C(F)(F)F)c1. The van der Waals surface area contributed by atoms with E-state index in [1.807, 2.05) is 20.8 Å². The van der Waals surface area contributed by atoms with E-state index < -0.39 is 11.7 Å². The van der Waals surface area contributed by atoms with Crippen LogP contribution in [0.15, 0.2) is 36.8 Å². The first-order chi connectivity index (χ1) is 15.2. The molecule has 0 aliphatic rings. The molecule has 172 valence electrons. The van der Waals surface area contributed by atoms with E-state index in [0.717, 1.165) is 24.5 Å². The molecule has 0 N–H and O–H groups in total. The molecule has 0 fully saturated rings. The van der Waals surface area contributed by atoms with Gasteiger partial charge in [0.25, 0.3) is 0 Å². The number of nitrogens with zero attached hydrogens (tertiary/aromatic N) is 5. The first kappa shape index (κ1) is 23.7. The molecule has 6 nitrogen and oxygen atoms in total. The van der Waals surface area contributed by atoms with Crippen LogP contribution in [0, 0.1) is 5.92 Å². The highest BCUT2D eigenvalue weighted by Crippen LogP contribution is 2.32. The van der Waals surface area contributed by atoms with Crippen molar-refractivity contribution < 1.29 is 17.9 Å². The third kappa shape index (κ3) is 6.27. The minimum atomic E-state index is -4.44. The summed E-state index contributed by atoms with van der Waals surface area (Å²) in [7, 11) is 0. The number of benzene rings is 1. The number of hydrogen-bond donors (Lipinski definition) is 0. The number of rotatable bonds is 9. The number of halogens is 3. The number of ether oxygens (including phenoxy) is 1. The third-order valence-electron chi connectivity index (χ3n) is 5.14. The molecule has 2 heterocycles. The first-order valence-electron chi connectivity index (χ1n) is 10.7. The van der Waals surface area contributed by atoms with Crippen molar-refractivity contribution in [1.82, 2.24) is 25.0 Å². The van der Waals surface area contributed by atoms with Crippen LogP contribution in [0.25, 0.3) is 5.69 Å². The molecule has 0 amide bonds. The minimum Gasteiger partial charge on any atom is -0.457 e. The lowest BCUT2D eigenvalue weighted by Crippen LogP contribution is -2.09. The number of alkyl halides is 3. The van der Waals surface area contributed by atoms with Crippen LogP contribution in [0.2, 0.25) is 0 Å². The molecule has 0 unspecified atom stereocenters. The Bertz CT molecular complexity index is 1020. The van der Waals surface area contributed by atoms with E-state index in [-0.39, 0.29) is 18.5 Å². The molecule has 0 saturated heterocycles. The molecule has 9 heteroatoms. The summed E-state index contributed by atoms with van der Waals surface area (Å²) in [5.41, 5.74) is 1.70. The predicted molar refractivity (Wildman–Crippen MR) is 115 cm³/mol.